The average Bonchev–Trinajstić information content (AvgIpc) is 3.11. The Bertz CT molecular complexity index is 1030. The zero-order valence-corrected chi connectivity index (χ0v) is 19.2. The summed E-state index contributed by atoms with van der Waals surface area (Å²) < 4.78 is 2.20. The number of nitrogens with one attached hydrogen (secondary N) is 1. The van der Waals surface area contributed by atoms with E-state index in [1.807, 2.05) is 6.07 Å². The molecule has 7 heteroatoms. The van der Waals surface area contributed by atoms with Crippen molar-refractivity contribution in [2.45, 2.75) is 52.7 Å². The molecular weight excluding hydrogens is 400 g/mol. The van der Waals surface area contributed by atoms with Gasteiger partial charge in [-0.3, -0.25) is 14.7 Å². The third-order valence-electron chi connectivity index (χ3n) is 6.11. The van der Waals surface area contributed by atoms with Crippen LogP contribution in [0.4, 0.5) is 0 Å². The Balaban J connectivity index is 1.46. The molecule has 2 aromatic heterocycles. The van der Waals surface area contributed by atoms with Gasteiger partial charge in [-0.05, 0) is 35.6 Å². The molecule has 1 amide bonds. The van der Waals surface area contributed by atoms with Gasteiger partial charge in [-0.15, -0.1) is 10.2 Å². The summed E-state index contributed by atoms with van der Waals surface area (Å²) in [6, 6.07) is 14.0. The van der Waals surface area contributed by atoms with Crippen molar-refractivity contribution in [2.24, 2.45) is 5.92 Å². The maximum Gasteiger partial charge on any atom is 0.270 e. The molecule has 1 aliphatic heterocycles. The molecule has 0 saturated heterocycles. The molecule has 0 unspecified atom stereocenters. The first kappa shape index (κ1) is 22.1. The monoisotopic (exact) mass is 432 g/mol. The Kier molecular flexibility index (Phi) is 6.95. The van der Waals surface area contributed by atoms with Gasteiger partial charge in [-0.25, -0.2) is 0 Å². The molecule has 0 fully saturated rings. The minimum Gasteiger partial charge on any atom is -0.340 e. The second-order valence-corrected chi connectivity index (χ2v) is 8.73. The van der Waals surface area contributed by atoms with Crippen LogP contribution in [0.25, 0.3) is 0 Å². The van der Waals surface area contributed by atoms with Gasteiger partial charge in [0.1, 0.15) is 11.5 Å². The molecule has 0 radical (unpaired) electrons. The number of carbonyl (C=O) groups is 1. The molecule has 1 aliphatic rings. The summed E-state index contributed by atoms with van der Waals surface area (Å²) in [6.07, 6.45) is 3.54. The molecule has 3 heterocycles. The largest absolute Gasteiger partial charge is 0.340 e. The lowest BCUT2D eigenvalue weighted by atomic mass is 10.0. The van der Waals surface area contributed by atoms with Crippen LogP contribution >= 0.6 is 0 Å². The molecule has 1 atom stereocenters. The number of fused-ring (bicyclic) bond motifs is 1. The minimum absolute atomic E-state index is 0.174. The number of benzene rings is 1. The van der Waals surface area contributed by atoms with Gasteiger partial charge in [0, 0.05) is 38.8 Å². The number of aryl methyl sites for hydroxylation is 1. The van der Waals surface area contributed by atoms with Crippen LogP contribution in [-0.2, 0) is 25.9 Å². The molecular formula is C25H32N6O. The van der Waals surface area contributed by atoms with Crippen molar-refractivity contribution in [1.29, 1.82) is 0 Å². The minimum atomic E-state index is -0.223. The number of hydrogen-bond acceptors (Lipinski definition) is 5. The fourth-order valence-corrected chi connectivity index (χ4v) is 4.16. The van der Waals surface area contributed by atoms with E-state index in [1.165, 1.54) is 11.1 Å². The van der Waals surface area contributed by atoms with Crippen LogP contribution in [-0.4, -0.2) is 43.6 Å². The summed E-state index contributed by atoms with van der Waals surface area (Å²) in [5, 5.41) is 12.1. The van der Waals surface area contributed by atoms with E-state index in [0.29, 0.717) is 5.69 Å². The molecule has 1 aromatic carbocycles. The van der Waals surface area contributed by atoms with E-state index in [9.17, 15) is 4.79 Å². The van der Waals surface area contributed by atoms with Crippen LogP contribution in [0.2, 0.25) is 0 Å². The second kappa shape index (κ2) is 10.0. The summed E-state index contributed by atoms with van der Waals surface area (Å²) in [4.78, 5) is 19.4. The van der Waals surface area contributed by atoms with Crippen molar-refractivity contribution in [1.82, 2.24) is 30.0 Å². The maximum atomic E-state index is 12.8. The fourth-order valence-electron chi connectivity index (χ4n) is 4.16. The summed E-state index contributed by atoms with van der Waals surface area (Å²) >= 11 is 0. The van der Waals surface area contributed by atoms with Crippen LogP contribution in [0.5, 0.6) is 0 Å². The summed E-state index contributed by atoms with van der Waals surface area (Å²) in [5.74, 6) is 1.80. The van der Waals surface area contributed by atoms with Crippen LogP contribution in [0.15, 0.2) is 48.7 Å². The van der Waals surface area contributed by atoms with Crippen LogP contribution in [0.3, 0.4) is 0 Å². The van der Waals surface area contributed by atoms with Crippen molar-refractivity contribution in [3.8, 4) is 0 Å². The van der Waals surface area contributed by atoms with Gasteiger partial charge in [0.2, 0.25) is 0 Å². The Morgan fingerprint density at radius 3 is 2.50 bits per heavy atom. The number of amides is 1. The number of carbonyl (C=O) groups excluding carboxylic acids is 1. The molecule has 7 nitrogen and oxygen atoms in total. The molecule has 32 heavy (non-hydrogen) atoms. The second-order valence-electron chi connectivity index (χ2n) is 8.73. The first-order chi connectivity index (χ1) is 15.5. The topological polar surface area (TPSA) is 75.9 Å². The standard InChI is InChI=1S/C25H32N6O/c1-4-19-8-10-20(11-9-19)17-30-14-12-22-28-29-24(31(22)16-15-30)23(18(2)3)27-25(32)21-7-5-6-13-26-21/h5-11,13,18,23H,4,12,14-17H2,1-3H3,(H,27,32)/t23-/m0/s1. The van der Waals surface area contributed by atoms with E-state index < -0.39 is 0 Å². The van der Waals surface area contributed by atoms with E-state index in [1.54, 1.807) is 18.3 Å². The van der Waals surface area contributed by atoms with Crippen LogP contribution in [0.1, 0.15) is 60.1 Å². The zero-order valence-electron chi connectivity index (χ0n) is 19.2. The Hall–Kier alpha value is -3.06. The molecule has 3 aromatic rings. The Morgan fingerprint density at radius 2 is 1.81 bits per heavy atom. The lowest BCUT2D eigenvalue weighted by molar-refractivity contribution is 0.0916. The molecule has 0 saturated carbocycles. The maximum absolute atomic E-state index is 12.8. The van der Waals surface area contributed by atoms with Crippen LogP contribution < -0.4 is 5.32 Å². The van der Waals surface area contributed by atoms with Gasteiger partial charge < -0.3 is 9.88 Å². The van der Waals surface area contributed by atoms with Crippen molar-refractivity contribution in [3.63, 3.8) is 0 Å². The smallest absolute Gasteiger partial charge is 0.270 e. The lowest BCUT2D eigenvalue weighted by Crippen LogP contribution is -2.34. The normalized spacial score (nSPS) is 15.2. The van der Waals surface area contributed by atoms with E-state index in [-0.39, 0.29) is 17.9 Å². The van der Waals surface area contributed by atoms with Gasteiger partial charge in [0.05, 0.1) is 6.04 Å². The SMILES string of the molecule is CCc1ccc(CN2CCc3nnc([C@@H](NC(=O)c4ccccn4)C(C)C)n3CC2)cc1. The van der Waals surface area contributed by atoms with E-state index in [0.717, 1.165) is 50.7 Å². The number of aromatic nitrogens is 4. The van der Waals surface area contributed by atoms with Crippen molar-refractivity contribution < 1.29 is 4.79 Å². The van der Waals surface area contributed by atoms with E-state index in [4.69, 9.17) is 0 Å². The first-order valence-corrected chi connectivity index (χ1v) is 11.5. The zero-order chi connectivity index (χ0) is 22.5. The summed E-state index contributed by atoms with van der Waals surface area (Å²) in [6.45, 7) is 9.98. The predicted octanol–water partition coefficient (Wildman–Crippen LogP) is 3.42. The molecule has 4 rings (SSSR count). The van der Waals surface area contributed by atoms with Gasteiger partial charge in [-0.1, -0.05) is 51.1 Å². The predicted molar refractivity (Wildman–Crippen MR) is 124 cm³/mol. The average molecular weight is 433 g/mol. The highest BCUT2D eigenvalue weighted by Crippen LogP contribution is 2.23. The quantitative estimate of drug-likeness (QED) is 0.619. The lowest BCUT2D eigenvalue weighted by Gasteiger charge is -2.23. The van der Waals surface area contributed by atoms with Crippen molar-refractivity contribution in [2.75, 3.05) is 13.1 Å². The number of rotatable bonds is 7. The Labute approximate surface area is 189 Å². The van der Waals surface area contributed by atoms with Crippen molar-refractivity contribution in [3.05, 3.63) is 77.1 Å². The molecule has 0 bridgehead atoms. The van der Waals surface area contributed by atoms with E-state index in [2.05, 4.69) is 75.0 Å². The van der Waals surface area contributed by atoms with Gasteiger partial charge >= 0.3 is 0 Å². The summed E-state index contributed by atoms with van der Waals surface area (Å²) in [5.41, 5.74) is 3.12. The van der Waals surface area contributed by atoms with Gasteiger partial charge in [0.15, 0.2) is 5.82 Å². The number of hydrogen-bond donors (Lipinski definition) is 1. The highest BCUT2D eigenvalue weighted by molar-refractivity contribution is 5.92. The van der Waals surface area contributed by atoms with E-state index >= 15 is 0 Å². The Morgan fingerprint density at radius 1 is 1.03 bits per heavy atom. The first-order valence-electron chi connectivity index (χ1n) is 11.5. The summed E-state index contributed by atoms with van der Waals surface area (Å²) in [7, 11) is 0. The highest BCUT2D eigenvalue weighted by atomic mass is 16.2. The third kappa shape index (κ3) is 5.05. The molecule has 168 valence electrons. The highest BCUT2D eigenvalue weighted by Gasteiger charge is 2.28. The number of nitrogens with zero attached hydrogens (tertiary/aromatic N) is 5. The van der Waals surface area contributed by atoms with Gasteiger partial charge in [-0.2, -0.15) is 0 Å². The van der Waals surface area contributed by atoms with Crippen molar-refractivity contribution >= 4 is 5.91 Å². The third-order valence-corrected chi connectivity index (χ3v) is 6.11. The van der Waals surface area contributed by atoms with Crippen LogP contribution in [0, 0.1) is 5.92 Å². The van der Waals surface area contributed by atoms with Gasteiger partial charge in [0.25, 0.3) is 5.91 Å². The molecule has 0 spiro atoms. The fraction of sp³-hybridized carbons (Fsp3) is 0.440. The molecule has 0 aliphatic carbocycles. The molecule has 1 N–H and O–H groups in total. The number of pyridine rings is 1.